The third kappa shape index (κ3) is 6.50. The van der Waals surface area contributed by atoms with Gasteiger partial charge in [-0.15, -0.1) is 5.92 Å². The van der Waals surface area contributed by atoms with Crippen molar-refractivity contribution in [3.8, 4) is 11.8 Å². The average molecular weight is 198 g/mol. The lowest BCUT2D eigenvalue weighted by Gasteiger charge is -2.07. The number of carbonyl (C=O) groups is 1. The molecule has 0 amide bonds. The Labute approximate surface area is 85.5 Å². The lowest BCUT2D eigenvalue weighted by molar-refractivity contribution is -0.149. The van der Waals surface area contributed by atoms with E-state index in [1.807, 2.05) is 0 Å². The molecule has 1 atom stereocenters. The Bertz CT molecular complexity index is 212. The summed E-state index contributed by atoms with van der Waals surface area (Å²) in [6, 6.07) is 0. The maximum atomic E-state index is 10.5. The van der Waals surface area contributed by atoms with Crippen LogP contribution in [0.2, 0.25) is 0 Å². The predicted octanol–water partition coefficient (Wildman–Crippen LogP) is 2.06. The number of hydrogen-bond donors (Lipinski definition) is 1. The maximum Gasteiger partial charge on any atom is 0.332 e. The van der Waals surface area contributed by atoms with Crippen LogP contribution in [-0.4, -0.2) is 23.8 Å². The van der Waals surface area contributed by atoms with Crippen LogP contribution in [0.1, 0.15) is 39.5 Å². The van der Waals surface area contributed by atoms with Crippen molar-refractivity contribution < 1.29 is 14.6 Å². The molecular weight excluding hydrogens is 180 g/mol. The van der Waals surface area contributed by atoms with Crippen LogP contribution in [-0.2, 0) is 9.53 Å². The molecule has 0 saturated carbocycles. The SMILES string of the molecule is CCCCC#CCOC(CC)C(=O)O. The Morgan fingerprint density at radius 1 is 1.43 bits per heavy atom. The molecule has 0 aliphatic carbocycles. The zero-order chi connectivity index (χ0) is 10.8. The molecule has 0 rings (SSSR count). The minimum absolute atomic E-state index is 0.217. The fourth-order valence-corrected chi connectivity index (χ4v) is 0.911. The number of rotatable bonds is 6. The Hall–Kier alpha value is -1.01. The summed E-state index contributed by atoms with van der Waals surface area (Å²) in [4.78, 5) is 10.5. The zero-order valence-electron chi connectivity index (χ0n) is 8.88. The molecule has 3 nitrogen and oxygen atoms in total. The smallest absolute Gasteiger partial charge is 0.332 e. The molecule has 0 fully saturated rings. The highest BCUT2D eigenvalue weighted by Crippen LogP contribution is 1.97. The van der Waals surface area contributed by atoms with Crippen molar-refractivity contribution in [2.24, 2.45) is 0 Å². The van der Waals surface area contributed by atoms with Gasteiger partial charge < -0.3 is 9.84 Å². The highest BCUT2D eigenvalue weighted by molar-refractivity contribution is 5.72. The van der Waals surface area contributed by atoms with Crippen molar-refractivity contribution in [2.75, 3.05) is 6.61 Å². The molecule has 0 aliphatic rings. The van der Waals surface area contributed by atoms with Gasteiger partial charge in [0.2, 0.25) is 0 Å². The van der Waals surface area contributed by atoms with E-state index in [-0.39, 0.29) is 6.61 Å². The second-order valence-corrected chi connectivity index (χ2v) is 3.00. The average Bonchev–Trinajstić information content (AvgIpc) is 2.16. The third-order valence-electron chi connectivity index (χ3n) is 1.78. The van der Waals surface area contributed by atoms with Crippen molar-refractivity contribution in [3.05, 3.63) is 0 Å². The number of hydrogen-bond acceptors (Lipinski definition) is 2. The minimum Gasteiger partial charge on any atom is -0.479 e. The van der Waals surface area contributed by atoms with E-state index in [0.717, 1.165) is 19.3 Å². The molecule has 0 bridgehead atoms. The van der Waals surface area contributed by atoms with Crippen LogP contribution >= 0.6 is 0 Å². The highest BCUT2D eigenvalue weighted by Gasteiger charge is 2.13. The Morgan fingerprint density at radius 2 is 2.14 bits per heavy atom. The Kier molecular flexibility index (Phi) is 7.96. The van der Waals surface area contributed by atoms with Gasteiger partial charge in [0.25, 0.3) is 0 Å². The van der Waals surface area contributed by atoms with E-state index < -0.39 is 12.1 Å². The van der Waals surface area contributed by atoms with Crippen molar-refractivity contribution in [1.82, 2.24) is 0 Å². The fourth-order valence-electron chi connectivity index (χ4n) is 0.911. The van der Waals surface area contributed by atoms with Crippen LogP contribution in [0.3, 0.4) is 0 Å². The Balaban J connectivity index is 3.58. The summed E-state index contributed by atoms with van der Waals surface area (Å²) in [6.07, 6.45) is 2.84. The summed E-state index contributed by atoms with van der Waals surface area (Å²) in [6.45, 7) is 4.10. The number of carboxylic acids is 1. The number of carboxylic acid groups (broad SMARTS) is 1. The minimum atomic E-state index is -0.914. The molecule has 0 aliphatic heterocycles. The lowest BCUT2D eigenvalue weighted by atomic mass is 10.2. The molecule has 1 unspecified atom stereocenters. The van der Waals surface area contributed by atoms with Gasteiger partial charge in [-0.05, 0) is 12.8 Å². The van der Waals surface area contributed by atoms with E-state index in [4.69, 9.17) is 9.84 Å². The Morgan fingerprint density at radius 3 is 2.64 bits per heavy atom. The zero-order valence-corrected chi connectivity index (χ0v) is 8.88. The lowest BCUT2D eigenvalue weighted by Crippen LogP contribution is -2.22. The summed E-state index contributed by atoms with van der Waals surface area (Å²) in [5.41, 5.74) is 0. The first-order valence-electron chi connectivity index (χ1n) is 5.02. The quantitative estimate of drug-likeness (QED) is 0.525. The van der Waals surface area contributed by atoms with Gasteiger partial charge in [0, 0.05) is 6.42 Å². The van der Waals surface area contributed by atoms with E-state index in [0.29, 0.717) is 6.42 Å². The molecular formula is C11H18O3. The first-order chi connectivity index (χ1) is 6.72. The normalized spacial score (nSPS) is 11.6. The molecule has 0 aromatic heterocycles. The molecule has 0 aromatic carbocycles. The van der Waals surface area contributed by atoms with E-state index in [1.54, 1.807) is 6.92 Å². The van der Waals surface area contributed by atoms with Gasteiger partial charge in [0.1, 0.15) is 6.61 Å². The van der Waals surface area contributed by atoms with Gasteiger partial charge in [0.15, 0.2) is 6.10 Å². The van der Waals surface area contributed by atoms with Gasteiger partial charge in [-0.1, -0.05) is 26.2 Å². The maximum absolute atomic E-state index is 10.5. The van der Waals surface area contributed by atoms with Crippen LogP contribution in [0.25, 0.3) is 0 Å². The van der Waals surface area contributed by atoms with Crippen LogP contribution < -0.4 is 0 Å². The van der Waals surface area contributed by atoms with Crippen molar-refractivity contribution >= 4 is 5.97 Å². The molecule has 80 valence electrons. The van der Waals surface area contributed by atoms with Crippen LogP contribution in [0.4, 0.5) is 0 Å². The molecule has 0 heterocycles. The number of unbranched alkanes of at least 4 members (excludes halogenated alkanes) is 2. The molecule has 1 N–H and O–H groups in total. The summed E-state index contributed by atoms with van der Waals surface area (Å²) < 4.78 is 5.06. The van der Waals surface area contributed by atoms with Crippen LogP contribution in [0.15, 0.2) is 0 Å². The standard InChI is InChI=1S/C11H18O3/c1-3-5-6-7-8-9-14-10(4-2)11(12)13/h10H,3-6,9H2,1-2H3,(H,12,13). The molecule has 0 saturated heterocycles. The van der Waals surface area contributed by atoms with Gasteiger partial charge in [0.05, 0.1) is 0 Å². The molecule has 0 spiro atoms. The van der Waals surface area contributed by atoms with Gasteiger partial charge in [-0.3, -0.25) is 0 Å². The summed E-state index contributed by atoms with van der Waals surface area (Å²) in [7, 11) is 0. The monoisotopic (exact) mass is 198 g/mol. The van der Waals surface area contributed by atoms with Crippen molar-refractivity contribution in [1.29, 1.82) is 0 Å². The molecule has 14 heavy (non-hydrogen) atoms. The molecule has 0 aromatic rings. The summed E-state index contributed by atoms with van der Waals surface area (Å²) >= 11 is 0. The van der Waals surface area contributed by atoms with E-state index >= 15 is 0 Å². The second kappa shape index (κ2) is 8.58. The first-order valence-corrected chi connectivity index (χ1v) is 5.02. The van der Waals surface area contributed by atoms with Gasteiger partial charge in [-0.25, -0.2) is 4.79 Å². The number of aliphatic carboxylic acids is 1. The molecule has 3 heteroatoms. The largest absolute Gasteiger partial charge is 0.479 e. The highest BCUT2D eigenvalue weighted by atomic mass is 16.5. The second-order valence-electron chi connectivity index (χ2n) is 3.00. The summed E-state index contributed by atoms with van der Waals surface area (Å²) in [5, 5.41) is 8.64. The molecule has 0 radical (unpaired) electrons. The first kappa shape index (κ1) is 13.0. The van der Waals surface area contributed by atoms with Gasteiger partial charge in [-0.2, -0.15) is 0 Å². The van der Waals surface area contributed by atoms with E-state index in [1.165, 1.54) is 0 Å². The van der Waals surface area contributed by atoms with E-state index in [2.05, 4.69) is 18.8 Å². The third-order valence-corrected chi connectivity index (χ3v) is 1.78. The van der Waals surface area contributed by atoms with Crippen LogP contribution in [0.5, 0.6) is 0 Å². The van der Waals surface area contributed by atoms with Gasteiger partial charge >= 0.3 is 5.97 Å². The summed E-state index contributed by atoms with van der Waals surface area (Å²) in [5.74, 6) is 4.83. The van der Waals surface area contributed by atoms with Crippen LogP contribution in [0, 0.1) is 11.8 Å². The fraction of sp³-hybridized carbons (Fsp3) is 0.727. The predicted molar refractivity (Wildman–Crippen MR) is 55.0 cm³/mol. The van der Waals surface area contributed by atoms with E-state index in [9.17, 15) is 4.79 Å². The van der Waals surface area contributed by atoms with Crippen molar-refractivity contribution in [2.45, 2.75) is 45.6 Å². The van der Waals surface area contributed by atoms with Crippen molar-refractivity contribution in [3.63, 3.8) is 0 Å². The number of ether oxygens (including phenoxy) is 1. The topological polar surface area (TPSA) is 46.5 Å².